The molecule has 0 unspecified atom stereocenters. The lowest BCUT2D eigenvalue weighted by atomic mass is 9.97. The molecule has 2 rings (SSSR count). The topological polar surface area (TPSA) is 64.4 Å². The van der Waals surface area contributed by atoms with Gasteiger partial charge >= 0.3 is 5.69 Å². The van der Waals surface area contributed by atoms with Crippen molar-refractivity contribution in [2.75, 3.05) is 18.5 Å². The predicted molar refractivity (Wildman–Crippen MR) is 83.9 cm³/mol. The molecule has 21 heavy (non-hydrogen) atoms. The van der Waals surface area contributed by atoms with Gasteiger partial charge in [-0.3, -0.25) is 10.1 Å². The van der Waals surface area contributed by atoms with Crippen molar-refractivity contribution in [3.63, 3.8) is 0 Å². The van der Waals surface area contributed by atoms with E-state index in [1.807, 2.05) is 6.92 Å². The molecule has 0 spiro atoms. The minimum atomic E-state index is -0.382. The highest BCUT2D eigenvalue weighted by atomic mass is 16.6. The summed E-state index contributed by atoms with van der Waals surface area (Å²) in [5.41, 5.74) is 2.01. The quantitative estimate of drug-likeness (QED) is 0.462. The zero-order valence-electron chi connectivity index (χ0n) is 12.4. The van der Waals surface area contributed by atoms with Crippen LogP contribution in [0.5, 0.6) is 5.75 Å². The second-order valence-corrected chi connectivity index (χ2v) is 5.13. The van der Waals surface area contributed by atoms with Gasteiger partial charge < -0.3 is 10.1 Å². The number of anilines is 1. The average Bonchev–Trinajstić information content (AvgIpc) is 2.48. The highest BCUT2D eigenvalue weighted by molar-refractivity contribution is 5.68. The first-order chi connectivity index (χ1) is 10.2. The lowest BCUT2D eigenvalue weighted by Crippen LogP contribution is -2.07. The second kappa shape index (κ2) is 7.67. The van der Waals surface area contributed by atoms with E-state index >= 15 is 0 Å². The first kappa shape index (κ1) is 15.4. The number of para-hydroxylation sites is 1. The van der Waals surface area contributed by atoms with Gasteiger partial charge in [-0.05, 0) is 51.2 Å². The van der Waals surface area contributed by atoms with E-state index in [9.17, 15) is 10.1 Å². The Hall–Kier alpha value is -2.04. The zero-order chi connectivity index (χ0) is 15.1. The summed E-state index contributed by atoms with van der Waals surface area (Å²) in [5, 5.41) is 14.4. The molecule has 1 aliphatic rings. The number of nitrogens with one attached hydrogen (secondary N) is 1. The number of hydrogen-bond donors (Lipinski definition) is 1. The summed E-state index contributed by atoms with van der Waals surface area (Å²) >= 11 is 0. The molecule has 0 atom stereocenters. The maximum Gasteiger partial charge on any atom is 0.333 e. The van der Waals surface area contributed by atoms with Crippen molar-refractivity contribution < 1.29 is 9.66 Å². The molecule has 0 aliphatic heterocycles. The molecule has 0 heterocycles. The number of allylic oxidation sites excluding steroid dienone is 1. The number of nitrogens with zero attached hydrogens (tertiary/aromatic N) is 1. The van der Waals surface area contributed by atoms with Gasteiger partial charge in [-0.25, -0.2) is 0 Å². The summed E-state index contributed by atoms with van der Waals surface area (Å²) in [6.07, 6.45) is 8.09. The molecule has 0 bridgehead atoms. The van der Waals surface area contributed by atoms with Crippen molar-refractivity contribution in [1.82, 2.24) is 0 Å². The van der Waals surface area contributed by atoms with E-state index in [0.717, 1.165) is 19.3 Å². The Balaban J connectivity index is 2.03. The van der Waals surface area contributed by atoms with Crippen LogP contribution in [0.3, 0.4) is 0 Å². The molecule has 0 radical (unpaired) electrons. The van der Waals surface area contributed by atoms with Gasteiger partial charge in [0, 0.05) is 6.54 Å². The van der Waals surface area contributed by atoms with Gasteiger partial charge in [0.15, 0.2) is 5.75 Å². The Morgan fingerprint density at radius 3 is 2.90 bits per heavy atom. The third-order valence-electron chi connectivity index (χ3n) is 3.63. The van der Waals surface area contributed by atoms with E-state index in [1.165, 1.54) is 18.4 Å². The fourth-order valence-corrected chi connectivity index (χ4v) is 2.61. The van der Waals surface area contributed by atoms with Crippen molar-refractivity contribution in [3.05, 3.63) is 40.0 Å². The Morgan fingerprint density at radius 2 is 2.24 bits per heavy atom. The number of hydrogen-bond acceptors (Lipinski definition) is 4. The molecule has 0 saturated heterocycles. The Kier molecular flexibility index (Phi) is 5.60. The van der Waals surface area contributed by atoms with Crippen LogP contribution in [0.25, 0.3) is 0 Å². The lowest BCUT2D eigenvalue weighted by molar-refractivity contribution is -0.384. The van der Waals surface area contributed by atoms with Crippen LogP contribution in [0.1, 0.15) is 39.0 Å². The molecule has 0 aromatic heterocycles. The maximum absolute atomic E-state index is 11.3. The molecular formula is C16H22N2O3. The zero-order valence-corrected chi connectivity index (χ0v) is 12.4. The summed E-state index contributed by atoms with van der Waals surface area (Å²) in [6, 6.07) is 5.15. The van der Waals surface area contributed by atoms with Crippen LogP contribution in [0.4, 0.5) is 11.4 Å². The van der Waals surface area contributed by atoms with Crippen molar-refractivity contribution in [3.8, 4) is 5.75 Å². The Bertz CT molecular complexity index is 526. The predicted octanol–water partition coefficient (Wildman–Crippen LogP) is 4.30. The van der Waals surface area contributed by atoms with Gasteiger partial charge in [0.05, 0.1) is 11.5 Å². The molecule has 1 aliphatic carbocycles. The number of nitro benzene ring substituents is 1. The van der Waals surface area contributed by atoms with E-state index < -0.39 is 0 Å². The van der Waals surface area contributed by atoms with Gasteiger partial charge in [0.25, 0.3) is 0 Å². The third kappa shape index (κ3) is 4.21. The minimum Gasteiger partial charge on any atom is -0.487 e. The van der Waals surface area contributed by atoms with E-state index in [1.54, 1.807) is 18.2 Å². The monoisotopic (exact) mass is 290 g/mol. The van der Waals surface area contributed by atoms with E-state index in [4.69, 9.17) is 4.74 Å². The van der Waals surface area contributed by atoms with Crippen LogP contribution >= 0.6 is 0 Å². The highest BCUT2D eigenvalue weighted by Crippen LogP contribution is 2.34. The molecule has 1 N–H and O–H groups in total. The minimum absolute atomic E-state index is 0.0250. The molecule has 0 amide bonds. The first-order valence-electron chi connectivity index (χ1n) is 7.54. The molecule has 114 valence electrons. The summed E-state index contributed by atoms with van der Waals surface area (Å²) in [4.78, 5) is 10.9. The van der Waals surface area contributed by atoms with Crippen LogP contribution in [-0.4, -0.2) is 18.1 Å². The van der Waals surface area contributed by atoms with Crippen molar-refractivity contribution in [2.24, 2.45) is 0 Å². The number of ether oxygens (including phenoxy) is 1. The summed E-state index contributed by atoms with van der Waals surface area (Å²) < 4.78 is 5.34. The normalized spacial score (nSPS) is 14.4. The maximum atomic E-state index is 11.3. The van der Waals surface area contributed by atoms with Gasteiger partial charge in [0.2, 0.25) is 0 Å². The molecule has 0 saturated carbocycles. The standard InChI is InChI=1S/C16H22N2O3/c1-2-21-15-10-6-9-14(16(15)18(19)20)17-12-11-13-7-4-3-5-8-13/h6-7,9-10,17H,2-5,8,11-12H2,1H3. The molecular weight excluding hydrogens is 268 g/mol. The van der Waals surface area contributed by atoms with Crippen LogP contribution in [0.2, 0.25) is 0 Å². The molecule has 0 fully saturated rings. The first-order valence-corrected chi connectivity index (χ1v) is 7.54. The molecule has 5 heteroatoms. The van der Waals surface area contributed by atoms with Gasteiger partial charge in [-0.2, -0.15) is 0 Å². The van der Waals surface area contributed by atoms with Crippen molar-refractivity contribution >= 4 is 11.4 Å². The SMILES string of the molecule is CCOc1cccc(NCCC2=CCCCC2)c1[N+](=O)[O-]. The van der Waals surface area contributed by atoms with Crippen LogP contribution in [0, 0.1) is 10.1 Å². The lowest BCUT2D eigenvalue weighted by Gasteiger charge is -2.14. The van der Waals surface area contributed by atoms with E-state index in [2.05, 4.69) is 11.4 Å². The molecule has 1 aromatic rings. The van der Waals surface area contributed by atoms with E-state index in [-0.39, 0.29) is 10.6 Å². The molecule has 1 aromatic carbocycles. The fourth-order valence-electron chi connectivity index (χ4n) is 2.61. The fraction of sp³-hybridized carbons (Fsp3) is 0.500. The molecule has 5 nitrogen and oxygen atoms in total. The number of benzene rings is 1. The largest absolute Gasteiger partial charge is 0.487 e. The highest BCUT2D eigenvalue weighted by Gasteiger charge is 2.20. The second-order valence-electron chi connectivity index (χ2n) is 5.13. The summed E-state index contributed by atoms with van der Waals surface area (Å²) in [5.74, 6) is 0.324. The van der Waals surface area contributed by atoms with Crippen molar-refractivity contribution in [1.29, 1.82) is 0 Å². The van der Waals surface area contributed by atoms with Gasteiger partial charge in [-0.1, -0.05) is 17.7 Å². The van der Waals surface area contributed by atoms with Crippen LogP contribution < -0.4 is 10.1 Å². The summed E-state index contributed by atoms with van der Waals surface area (Å²) in [7, 11) is 0. The van der Waals surface area contributed by atoms with Crippen molar-refractivity contribution in [2.45, 2.75) is 39.0 Å². The van der Waals surface area contributed by atoms with Gasteiger partial charge in [0.1, 0.15) is 5.69 Å². The Labute approximate surface area is 125 Å². The van der Waals surface area contributed by atoms with Crippen LogP contribution in [-0.2, 0) is 0 Å². The van der Waals surface area contributed by atoms with Gasteiger partial charge in [-0.15, -0.1) is 0 Å². The third-order valence-corrected chi connectivity index (χ3v) is 3.63. The average molecular weight is 290 g/mol. The van der Waals surface area contributed by atoms with Crippen LogP contribution in [0.15, 0.2) is 29.8 Å². The Morgan fingerprint density at radius 1 is 1.38 bits per heavy atom. The number of nitro groups is 1. The number of rotatable bonds is 7. The smallest absolute Gasteiger partial charge is 0.333 e. The van der Waals surface area contributed by atoms with E-state index in [0.29, 0.717) is 24.6 Å². The summed E-state index contributed by atoms with van der Waals surface area (Å²) in [6.45, 7) is 2.94.